The van der Waals surface area contributed by atoms with E-state index in [0.717, 1.165) is 37.5 Å². The van der Waals surface area contributed by atoms with Crippen LogP contribution in [-0.2, 0) is 30.8 Å². The molecule has 1 heterocycles. The van der Waals surface area contributed by atoms with E-state index in [1.165, 1.54) is 25.1 Å². The van der Waals surface area contributed by atoms with Crippen molar-refractivity contribution < 1.29 is 22.8 Å². The first-order valence-corrected chi connectivity index (χ1v) is 14.3. The highest BCUT2D eigenvalue weighted by atomic mass is 35.5. The Labute approximate surface area is 225 Å². The Morgan fingerprint density at radius 1 is 1.13 bits per heavy atom. The zero-order valence-electron chi connectivity index (χ0n) is 21.0. The van der Waals surface area contributed by atoms with E-state index in [0.29, 0.717) is 23.6 Å². The quantitative estimate of drug-likeness (QED) is 0.299. The van der Waals surface area contributed by atoms with Crippen LogP contribution in [0.3, 0.4) is 0 Å². The van der Waals surface area contributed by atoms with Gasteiger partial charge in [0.05, 0.1) is 16.5 Å². The van der Waals surface area contributed by atoms with Crippen molar-refractivity contribution in [1.29, 1.82) is 0 Å². The van der Waals surface area contributed by atoms with Crippen LogP contribution >= 0.6 is 11.6 Å². The van der Waals surface area contributed by atoms with Gasteiger partial charge in [-0.15, -0.1) is 0 Å². The van der Waals surface area contributed by atoms with Crippen LogP contribution in [0.25, 0.3) is 0 Å². The normalized spacial score (nSPS) is 14.3. The smallest absolute Gasteiger partial charge is 0.279 e. The number of halogens is 1. The Balaban J connectivity index is 1.53. The molecule has 0 aliphatic heterocycles. The number of oxime groups is 1. The number of hydrogen-bond donors (Lipinski definition) is 2. The van der Waals surface area contributed by atoms with Crippen molar-refractivity contribution in [3.05, 3.63) is 70.9 Å². The minimum atomic E-state index is -3.54. The Hall–Kier alpha value is -3.70. The first-order valence-electron chi connectivity index (χ1n) is 12.0. The van der Waals surface area contributed by atoms with Gasteiger partial charge in [0.25, 0.3) is 5.91 Å². The predicted octanol–water partition coefficient (Wildman–Crippen LogP) is 4.25. The van der Waals surface area contributed by atoms with Crippen molar-refractivity contribution in [2.45, 2.75) is 50.2 Å². The number of nitrogens with one attached hydrogen (secondary N) is 2. The summed E-state index contributed by atoms with van der Waals surface area (Å²) in [6.07, 6.45) is 6.44. The second-order valence-electron chi connectivity index (χ2n) is 9.10. The van der Waals surface area contributed by atoms with Crippen LogP contribution in [0.1, 0.15) is 43.7 Å². The maximum atomic E-state index is 13.3. The topological polar surface area (TPSA) is 132 Å². The maximum Gasteiger partial charge on any atom is 0.279 e. The van der Waals surface area contributed by atoms with Gasteiger partial charge in [0.1, 0.15) is 6.10 Å². The van der Waals surface area contributed by atoms with Gasteiger partial charge >= 0.3 is 0 Å². The molecule has 3 aromatic rings. The summed E-state index contributed by atoms with van der Waals surface area (Å²) < 4.78 is 25.6. The summed E-state index contributed by atoms with van der Waals surface area (Å²) in [6.45, 7) is 1.86. The van der Waals surface area contributed by atoms with Crippen LogP contribution in [0.4, 0.5) is 11.5 Å². The van der Waals surface area contributed by atoms with Crippen LogP contribution in [0.5, 0.6) is 0 Å². The predicted molar refractivity (Wildman–Crippen MR) is 145 cm³/mol. The summed E-state index contributed by atoms with van der Waals surface area (Å²) >= 11 is 6.22. The number of anilines is 2. The molecular weight excluding hydrogens is 530 g/mol. The molecule has 0 bridgehead atoms. The molecule has 4 rings (SSSR count). The standard InChI is InChI=1S/C26H28ClN5O5S/c1-17(33)28-20-7-5-6-18(14-20)16-32-13-12-24(30-32)29-26(34)25(31-37-21-8-3-4-9-21)19-10-11-23(22(27)15-19)38(2,35)36/h5-7,10-15,21H,3-4,8-9,16H2,1-2H3,(H,28,33)(H,29,30,34). The largest absolute Gasteiger partial charge is 0.392 e. The van der Waals surface area contributed by atoms with Gasteiger partial charge in [-0.1, -0.05) is 35.0 Å². The number of rotatable bonds is 9. The third-order valence-electron chi connectivity index (χ3n) is 5.89. The molecule has 38 heavy (non-hydrogen) atoms. The third-order valence-corrected chi connectivity index (χ3v) is 7.47. The second-order valence-corrected chi connectivity index (χ2v) is 11.5. The molecular formula is C26H28ClN5O5S. The minimum Gasteiger partial charge on any atom is -0.392 e. The van der Waals surface area contributed by atoms with E-state index in [9.17, 15) is 18.0 Å². The number of benzene rings is 2. The van der Waals surface area contributed by atoms with Gasteiger partial charge in [-0.2, -0.15) is 5.10 Å². The number of sulfone groups is 1. The lowest BCUT2D eigenvalue weighted by Crippen LogP contribution is -2.25. The Morgan fingerprint density at radius 2 is 1.89 bits per heavy atom. The van der Waals surface area contributed by atoms with E-state index in [4.69, 9.17) is 16.4 Å². The molecule has 0 saturated heterocycles. The van der Waals surface area contributed by atoms with Crippen LogP contribution in [0, 0.1) is 0 Å². The first kappa shape index (κ1) is 27.3. The molecule has 0 spiro atoms. The Kier molecular flexibility index (Phi) is 8.48. The average molecular weight is 558 g/mol. The average Bonchev–Trinajstić information content (AvgIpc) is 3.50. The first-order chi connectivity index (χ1) is 18.1. The molecule has 0 atom stereocenters. The lowest BCUT2D eigenvalue weighted by atomic mass is 10.1. The molecule has 0 unspecified atom stereocenters. The lowest BCUT2D eigenvalue weighted by molar-refractivity contribution is -0.114. The van der Waals surface area contributed by atoms with Gasteiger partial charge in [0.2, 0.25) is 5.91 Å². The summed E-state index contributed by atoms with van der Waals surface area (Å²) in [5, 5.41) is 14.0. The highest BCUT2D eigenvalue weighted by Crippen LogP contribution is 2.25. The van der Waals surface area contributed by atoms with Crippen molar-refractivity contribution >= 4 is 50.5 Å². The zero-order valence-corrected chi connectivity index (χ0v) is 22.6. The highest BCUT2D eigenvalue weighted by molar-refractivity contribution is 7.90. The Morgan fingerprint density at radius 3 is 2.58 bits per heavy atom. The summed E-state index contributed by atoms with van der Waals surface area (Å²) in [5.41, 5.74) is 1.85. The summed E-state index contributed by atoms with van der Waals surface area (Å²) in [4.78, 5) is 30.2. The van der Waals surface area contributed by atoms with Crippen LogP contribution in [0.15, 0.2) is 64.8 Å². The zero-order chi connectivity index (χ0) is 27.3. The molecule has 200 valence electrons. The fraction of sp³-hybridized carbons (Fsp3) is 0.308. The van der Waals surface area contributed by atoms with Crippen molar-refractivity contribution in [3.8, 4) is 0 Å². The van der Waals surface area contributed by atoms with Crippen LogP contribution in [-0.4, -0.2) is 48.1 Å². The van der Waals surface area contributed by atoms with E-state index in [1.54, 1.807) is 23.0 Å². The van der Waals surface area contributed by atoms with Crippen LogP contribution < -0.4 is 10.6 Å². The van der Waals surface area contributed by atoms with E-state index in [1.807, 2.05) is 18.2 Å². The number of amides is 2. The number of carbonyl (C=O) groups is 2. The SMILES string of the molecule is CC(=O)Nc1cccc(Cn2ccc(NC(=O)C(=NOC3CCCC3)c3ccc(S(C)(=O)=O)c(Cl)c3)n2)c1. The molecule has 2 N–H and O–H groups in total. The molecule has 2 amide bonds. The number of hydrogen-bond acceptors (Lipinski definition) is 7. The van der Waals surface area contributed by atoms with Gasteiger partial charge in [-0.25, -0.2) is 8.42 Å². The molecule has 1 saturated carbocycles. The number of nitrogens with zero attached hydrogens (tertiary/aromatic N) is 3. The van der Waals surface area contributed by atoms with Gasteiger partial charge in [0.15, 0.2) is 21.4 Å². The van der Waals surface area contributed by atoms with Gasteiger partial charge in [-0.3, -0.25) is 14.3 Å². The molecule has 1 fully saturated rings. The van der Waals surface area contributed by atoms with E-state index >= 15 is 0 Å². The van der Waals surface area contributed by atoms with Crippen LogP contribution in [0.2, 0.25) is 5.02 Å². The summed E-state index contributed by atoms with van der Waals surface area (Å²) in [6, 6.07) is 13.2. The van der Waals surface area contributed by atoms with Crippen molar-refractivity contribution in [1.82, 2.24) is 9.78 Å². The molecule has 1 aliphatic rings. The number of carbonyl (C=O) groups excluding carboxylic acids is 2. The molecule has 10 nitrogen and oxygen atoms in total. The van der Waals surface area contributed by atoms with E-state index < -0.39 is 15.7 Å². The van der Waals surface area contributed by atoms with Crippen molar-refractivity contribution in [2.24, 2.45) is 5.16 Å². The molecule has 0 radical (unpaired) electrons. The highest BCUT2D eigenvalue weighted by Gasteiger charge is 2.22. The molecule has 12 heteroatoms. The van der Waals surface area contributed by atoms with Gasteiger partial charge in [0, 0.05) is 36.7 Å². The molecule has 1 aliphatic carbocycles. The molecule has 1 aromatic heterocycles. The van der Waals surface area contributed by atoms with E-state index in [-0.39, 0.29) is 27.6 Å². The second kappa shape index (κ2) is 11.8. The van der Waals surface area contributed by atoms with Gasteiger partial charge < -0.3 is 15.5 Å². The maximum absolute atomic E-state index is 13.3. The summed E-state index contributed by atoms with van der Waals surface area (Å²) in [7, 11) is -3.54. The molecule has 2 aromatic carbocycles. The van der Waals surface area contributed by atoms with Crippen molar-refractivity contribution in [3.63, 3.8) is 0 Å². The third kappa shape index (κ3) is 7.20. The fourth-order valence-corrected chi connectivity index (χ4v) is 5.45. The summed E-state index contributed by atoms with van der Waals surface area (Å²) in [5.74, 6) is -0.447. The minimum absolute atomic E-state index is 0.0165. The number of aromatic nitrogens is 2. The lowest BCUT2D eigenvalue weighted by Gasteiger charge is -2.11. The van der Waals surface area contributed by atoms with E-state index in [2.05, 4.69) is 20.9 Å². The van der Waals surface area contributed by atoms with Crippen molar-refractivity contribution in [2.75, 3.05) is 16.9 Å². The monoisotopic (exact) mass is 557 g/mol. The Bertz CT molecular complexity index is 1480. The van der Waals surface area contributed by atoms with Gasteiger partial charge in [-0.05, 0) is 55.5 Å². The fourth-order valence-electron chi connectivity index (χ4n) is 4.12.